The number of H-pyrrole nitrogens is 1. The standard InChI is InChI=1S/C11H20N2O4S2/c1-5-8(2)13(6-7-17-4)19(15,16)10-9(3)12-11(14)18-10/h8H,5-7H2,1-4H3,(H,12,14). The van der Waals surface area contributed by atoms with E-state index < -0.39 is 10.0 Å². The van der Waals surface area contributed by atoms with Gasteiger partial charge in [-0.3, -0.25) is 4.79 Å². The Balaban J connectivity index is 3.19. The highest BCUT2D eigenvalue weighted by atomic mass is 32.2. The molecule has 0 saturated carbocycles. The molecular formula is C11H20N2O4S2. The summed E-state index contributed by atoms with van der Waals surface area (Å²) < 4.78 is 31.6. The van der Waals surface area contributed by atoms with Gasteiger partial charge in [-0.2, -0.15) is 4.31 Å². The number of nitrogens with zero attached hydrogens (tertiary/aromatic N) is 1. The molecule has 0 aliphatic heterocycles. The van der Waals surface area contributed by atoms with Crippen molar-refractivity contribution in [3.05, 3.63) is 15.4 Å². The third kappa shape index (κ3) is 3.65. The Bertz CT molecular complexity index is 561. The SMILES string of the molecule is CCC(C)N(CCOC)S(=O)(=O)c1sc(=O)[nH]c1C. The lowest BCUT2D eigenvalue weighted by atomic mass is 10.3. The number of hydrogen-bond acceptors (Lipinski definition) is 5. The second-order valence-electron chi connectivity index (χ2n) is 4.29. The summed E-state index contributed by atoms with van der Waals surface area (Å²) in [6.07, 6.45) is 0.696. The number of thiazole rings is 1. The molecule has 1 atom stereocenters. The number of ether oxygens (including phenoxy) is 1. The predicted octanol–water partition coefficient (Wildman–Crippen LogP) is 1.18. The zero-order valence-electron chi connectivity index (χ0n) is 11.6. The molecule has 0 amide bonds. The van der Waals surface area contributed by atoms with Gasteiger partial charge in [0.1, 0.15) is 0 Å². The van der Waals surface area contributed by atoms with Crippen LogP contribution in [0.25, 0.3) is 0 Å². The third-order valence-corrected chi connectivity index (χ3v) is 6.52. The topological polar surface area (TPSA) is 79.5 Å². The Morgan fingerprint density at radius 2 is 2.11 bits per heavy atom. The van der Waals surface area contributed by atoms with Gasteiger partial charge in [0.15, 0.2) is 4.21 Å². The van der Waals surface area contributed by atoms with E-state index in [1.54, 1.807) is 6.92 Å². The molecule has 8 heteroatoms. The van der Waals surface area contributed by atoms with Crippen LogP contribution in [0.15, 0.2) is 9.00 Å². The van der Waals surface area contributed by atoms with Gasteiger partial charge in [-0.05, 0) is 20.3 Å². The molecule has 1 N–H and O–H groups in total. The molecule has 1 aromatic rings. The Morgan fingerprint density at radius 1 is 1.47 bits per heavy atom. The molecule has 0 bridgehead atoms. The van der Waals surface area contributed by atoms with Gasteiger partial charge in [0.25, 0.3) is 10.0 Å². The van der Waals surface area contributed by atoms with Gasteiger partial charge in [-0.1, -0.05) is 18.3 Å². The molecule has 0 saturated heterocycles. The Labute approximate surface area is 117 Å². The molecule has 0 aliphatic rings. The average molecular weight is 308 g/mol. The highest BCUT2D eigenvalue weighted by Crippen LogP contribution is 2.23. The molecule has 1 aromatic heterocycles. The number of sulfonamides is 1. The van der Waals surface area contributed by atoms with Crippen LogP contribution in [0.4, 0.5) is 0 Å². The van der Waals surface area contributed by atoms with Crippen LogP contribution in [-0.4, -0.2) is 44.0 Å². The maximum atomic E-state index is 12.6. The van der Waals surface area contributed by atoms with Gasteiger partial charge in [0.2, 0.25) is 0 Å². The van der Waals surface area contributed by atoms with E-state index in [-0.39, 0.29) is 21.7 Å². The van der Waals surface area contributed by atoms with Crippen LogP contribution in [-0.2, 0) is 14.8 Å². The Morgan fingerprint density at radius 3 is 2.53 bits per heavy atom. The summed E-state index contributed by atoms with van der Waals surface area (Å²) in [6, 6.07) is -0.142. The molecule has 1 heterocycles. The minimum Gasteiger partial charge on any atom is -0.383 e. The highest BCUT2D eigenvalue weighted by Gasteiger charge is 2.31. The summed E-state index contributed by atoms with van der Waals surface area (Å²) in [4.78, 5) is 13.4. The first-order valence-electron chi connectivity index (χ1n) is 6.05. The normalized spacial score (nSPS) is 13.9. The number of aromatic amines is 1. The molecule has 1 rings (SSSR count). The second kappa shape index (κ2) is 6.65. The Kier molecular flexibility index (Phi) is 5.72. The molecule has 110 valence electrons. The molecular weight excluding hydrogens is 288 g/mol. The number of methoxy groups -OCH3 is 1. The van der Waals surface area contributed by atoms with E-state index in [9.17, 15) is 13.2 Å². The predicted molar refractivity (Wildman–Crippen MR) is 75.2 cm³/mol. The summed E-state index contributed by atoms with van der Waals surface area (Å²) in [6.45, 7) is 5.96. The minimum absolute atomic E-state index is 0.0916. The molecule has 19 heavy (non-hydrogen) atoms. The van der Waals surface area contributed by atoms with E-state index in [2.05, 4.69) is 4.98 Å². The third-order valence-electron chi connectivity index (χ3n) is 2.92. The van der Waals surface area contributed by atoms with Crippen molar-refractivity contribution >= 4 is 21.4 Å². The lowest BCUT2D eigenvalue weighted by Crippen LogP contribution is -2.40. The molecule has 1 unspecified atom stereocenters. The number of aromatic nitrogens is 1. The summed E-state index contributed by atoms with van der Waals surface area (Å²) in [5, 5.41) is 0. The van der Waals surface area contributed by atoms with E-state index >= 15 is 0 Å². The smallest absolute Gasteiger partial charge is 0.305 e. The molecule has 0 aliphatic carbocycles. The molecule has 0 aromatic carbocycles. The van der Waals surface area contributed by atoms with Crippen molar-refractivity contribution in [2.75, 3.05) is 20.3 Å². The minimum atomic E-state index is -3.65. The van der Waals surface area contributed by atoms with Crippen LogP contribution in [0, 0.1) is 6.92 Å². The van der Waals surface area contributed by atoms with Crippen molar-refractivity contribution < 1.29 is 13.2 Å². The molecule has 0 fully saturated rings. The first kappa shape index (κ1) is 16.4. The fourth-order valence-corrected chi connectivity index (χ4v) is 4.81. The maximum Gasteiger partial charge on any atom is 0.305 e. The molecule has 0 spiro atoms. The lowest BCUT2D eigenvalue weighted by molar-refractivity contribution is 0.167. The van der Waals surface area contributed by atoms with Crippen molar-refractivity contribution in [1.29, 1.82) is 0 Å². The average Bonchev–Trinajstić information content (AvgIpc) is 2.69. The summed E-state index contributed by atoms with van der Waals surface area (Å²) in [7, 11) is -2.12. The van der Waals surface area contributed by atoms with Gasteiger partial charge in [-0.25, -0.2) is 8.42 Å². The fourth-order valence-electron chi connectivity index (χ4n) is 1.71. The van der Waals surface area contributed by atoms with E-state index in [4.69, 9.17) is 4.74 Å². The number of aryl methyl sites for hydroxylation is 1. The van der Waals surface area contributed by atoms with E-state index in [1.807, 2.05) is 13.8 Å². The monoisotopic (exact) mass is 308 g/mol. The zero-order chi connectivity index (χ0) is 14.6. The quantitative estimate of drug-likeness (QED) is 0.820. The lowest BCUT2D eigenvalue weighted by Gasteiger charge is -2.26. The van der Waals surface area contributed by atoms with Gasteiger partial charge in [0, 0.05) is 25.4 Å². The number of nitrogens with one attached hydrogen (secondary N) is 1. The highest BCUT2D eigenvalue weighted by molar-refractivity contribution is 7.91. The summed E-state index contributed by atoms with van der Waals surface area (Å²) in [5.41, 5.74) is 0.390. The summed E-state index contributed by atoms with van der Waals surface area (Å²) in [5.74, 6) is 0. The van der Waals surface area contributed by atoms with Crippen LogP contribution in [0.1, 0.15) is 26.0 Å². The van der Waals surface area contributed by atoms with Crippen molar-refractivity contribution in [2.45, 2.75) is 37.4 Å². The number of hydrogen-bond donors (Lipinski definition) is 1. The van der Waals surface area contributed by atoms with Gasteiger partial charge >= 0.3 is 4.87 Å². The van der Waals surface area contributed by atoms with Crippen LogP contribution in [0.2, 0.25) is 0 Å². The number of rotatable bonds is 7. The van der Waals surface area contributed by atoms with Gasteiger partial charge < -0.3 is 9.72 Å². The first-order chi connectivity index (χ1) is 8.84. The van der Waals surface area contributed by atoms with Crippen LogP contribution in [0.5, 0.6) is 0 Å². The summed E-state index contributed by atoms with van der Waals surface area (Å²) >= 11 is 0.729. The maximum absolute atomic E-state index is 12.6. The van der Waals surface area contributed by atoms with E-state index in [1.165, 1.54) is 11.4 Å². The van der Waals surface area contributed by atoms with E-state index in [0.29, 0.717) is 18.7 Å². The van der Waals surface area contributed by atoms with Crippen molar-refractivity contribution in [3.8, 4) is 0 Å². The first-order valence-corrected chi connectivity index (χ1v) is 8.30. The fraction of sp³-hybridized carbons (Fsp3) is 0.727. The van der Waals surface area contributed by atoms with Crippen molar-refractivity contribution in [3.63, 3.8) is 0 Å². The van der Waals surface area contributed by atoms with Crippen LogP contribution < -0.4 is 4.87 Å². The molecule has 0 radical (unpaired) electrons. The van der Waals surface area contributed by atoms with Gasteiger partial charge in [0.05, 0.1) is 6.61 Å². The van der Waals surface area contributed by atoms with Crippen LogP contribution in [0.3, 0.4) is 0 Å². The van der Waals surface area contributed by atoms with Gasteiger partial charge in [-0.15, -0.1) is 0 Å². The van der Waals surface area contributed by atoms with Crippen molar-refractivity contribution in [2.24, 2.45) is 0 Å². The molecule has 6 nitrogen and oxygen atoms in total. The Hall–Kier alpha value is -0.700. The van der Waals surface area contributed by atoms with Crippen molar-refractivity contribution in [1.82, 2.24) is 9.29 Å². The van der Waals surface area contributed by atoms with E-state index in [0.717, 1.165) is 11.3 Å². The largest absolute Gasteiger partial charge is 0.383 e. The second-order valence-corrected chi connectivity index (χ2v) is 7.36. The van der Waals surface area contributed by atoms with Crippen LogP contribution >= 0.6 is 11.3 Å². The zero-order valence-corrected chi connectivity index (χ0v) is 13.2.